The SMILES string of the molecule is O=C(CCCCCOc1cccc(C(=O)N/N=C/c2ccc(CN3C(=O)CC/C=C/CCC(=O)OC[C@@H]3c3ccccc3)cc2)c1)NO. The molecular weight excluding hydrogens is 612 g/mol. The first-order chi connectivity index (χ1) is 23.4. The smallest absolute Gasteiger partial charge is 0.306 e. The van der Waals surface area contributed by atoms with Gasteiger partial charge in [0.1, 0.15) is 12.4 Å². The van der Waals surface area contributed by atoms with E-state index in [0.29, 0.717) is 56.6 Å². The summed E-state index contributed by atoms with van der Waals surface area (Å²) in [4.78, 5) is 51.4. The van der Waals surface area contributed by atoms with Crippen LogP contribution in [0.25, 0.3) is 0 Å². The Kier molecular flexibility index (Phi) is 14.4. The molecule has 0 saturated heterocycles. The number of carbonyl (C=O) groups is 4. The van der Waals surface area contributed by atoms with Gasteiger partial charge in [-0.05, 0) is 67.0 Å². The highest BCUT2D eigenvalue weighted by Gasteiger charge is 2.27. The normalized spacial score (nSPS) is 16.4. The van der Waals surface area contributed by atoms with E-state index in [9.17, 15) is 19.2 Å². The summed E-state index contributed by atoms with van der Waals surface area (Å²) in [6.45, 7) is 0.835. The average molecular weight is 655 g/mol. The molecule has 3 amide bonds. The molecule has 3 aromatic rings. The van der Waals surface area contributed by atoms with Gasteiger partial charge in [-0.25, -0.2) is 10.9 Å². The summed E-state index contributed by atoms with van der Waals surface area (Å²) >= 11 is 0. The molecule has 4 rings (SSSR count). The van der Waals surface area contributed by atoms with Crippen LogP contribution in [0.3, 0.4) is 0 Å². The Morgan fingerprint density at radius 2 is 1.71 bits per heavy atom. The van der Waals surface area contributed by atoms with Crippen molar-refractivity contribution in [3.8, 4) is 5.75 Å². The lowest BCUT2D eigenvalue weighted by molar-refractivity contribution is -0.149. The molecule has 48 heavy (non-hydrogen) atoms. The van der Waals surface area contributed by atoms with Gasteiger partial charge in [-0.1, -0.05) is 72.8 Å². The lowest BCUT2D eigenvalue weighted by Gasteiger charge is -2.32. The minimum atomic E-state index is -0.432. The maximum Gasteiger partial charge on any atom is 0.306 e. The Hall–Kier alpha value is -5.29. The summed E-state index contributed by atoms with van der Waals surface area (Å²) in [6, 6.07) is 23.5. The van der Waals surface area contributed by atoms with Crippen LogP contribution in [-0.2, 0) is 25.7 Å². The molecule has 1 aliphatic heterocycles. The standard InChI is InChI=1S/C37H42N4O7/c42-34(40-46)16-7-4-10-23-47-32-15-11-14-31(24-32)37(45)39-38-25-28-19-21-29(22-20-28)26-41-33(30-12-5-3-6-13-30)27-48-36(44)18-9-2-1-8-17-35(41)43/h1-3,5-6,11-15,19-22,24-25,33,46H,4,7-10,16-18,23,26-27H2,(H,39,45)(H,40,42)/b2-1+,38-25+/t33-/m1/s1. The minimum Gasteiger partial charge on any atom is -0.494 e. The number of esters is 1. The number of hydrogen-bond donors (Lipinski definition) is 3. The number of nitrogens with one attached hydrogen (secondary N) is 2. The number of hydroxylamine groups is 1. The predicted molar refractivity (Wildman–Crippen MR) is 180 cm³/mol. The second-order valence-electron chi connectivity index (χ2n) is 11.3. The highest BCUT2D eigenvalue weighted by atomic mass is 16.5. The molecule has 0 bridgehead atoms. The van der Waals surface area contributed by atoms with E-state index in [4.69, 9.17) is 14.7 Å². The minimum absolute atomic E-state index is 0.0300. The number of hydrazone groups is 1. The van der Waals surface area contributed by atoms with Gasteiger partial charge in [0, 0.05) is 31.4 Å². The van der Waals surface area contributed by atoms with Gasteiger partial charge in [-0.15, -0.1) is 0 Å². The van der Waals surface area contributed by atoms with Crippen LogP contribution >= 0.6 is 0 Å². The van der Waals surface area contributed by atoms with E-state index in [-0.39, 0.29) is 30.8 Å². The number of carbonyl (C=O) groups excluding carboxylic acids is 4. The van der Waals surface area contributed by atoms with Crippen LogP contribution in [0.5, 0.6) is 5.75 Å². The van der Waals surface area contributed by atoms with Crippen molar-refractivity contribution < 1.29 is 33.9 Å². The molecule has 0 unspecified atom stereocenters. The fraction of sp³-hybridized carbons (Fsp3) is 0.324. The molecule has 1 heterocycles. The van der Waals surface area contributed by atoms with Gasteiger partial charge >= 0.3 is 5.97 Å². The first-order valence-corrected chi connectivity index (χ1v) is 16.2. The van der Waals surface area contributed by atoms with Gasteiger partial charge < -0.3 is 14.4 Å². The van der Waals surface area contributed by atoms with E-state index >= 15 is 0 Å². The van der Waals surface area contributed by atoms with Crippen molar-refractivity contribution in [2.24, 2.45) is 5.10 Å². The fourth-order valence-corrected chi connectivity index (χ4v) is 5.12. The molecule has 11 nitrogen and oxygen atoms in total. The Morgan fingerprint density at radius 3 is 2.48 bits per heavy atom. The summed E-state index contributed by atoms with van der Waals surface area (Å²) in [6.07, 6.45) is 9.62. The van der Waals surface area contributed by atoms with Crippen molar-refractivity contribution in [1.82, 2.24) is 15.8 Å². The van der Waals surface area contributed by atoms with Crippen LogP contribution < -0.4 is 15.6 Å². The number of nitrogens with zero attached hydrogens (tertiary/aromatic N) is 2. The zero-order valence-corrected chi connectivity index (χ0v) is 26.9. The molecule has 0 fully saturated rings. The monoisotopic (exact) mass is 654 g/mol. The Morgan fingerprint density at radius 1 is 0.938 bits per heavy atom. The summed E-state index contributed by atoms with van der Waals surface area (Å²) in [7, 11) is 0. The first-order valence-electron chi connectivity index (χ1n) is 16.2. The molecule has 0 aromatic heterocycles. The van der Waals surface area contributed by atoms with Gasteiger partial charge in [-0.2, -0.15) is 5.10 Å². The Bertz CT molecular complexity index is 1560. The first kappa shape index (κ1) is 35.6. The van der Waals surface area contributed by atoms with E-state index in [1.807, 2.05) is 66.7 Å². The number of benzene rings is 3. The van der Waals surface area contributed by atoms with Gasteiger partial charge in [0.25, 0.3) is 5.91 Å². The topological polar surface area (TPSA) is 147 Å². The van der Waals surface area contributed by atoms with Gasteiger partial charge in [-0.3, -0.25) is 24.4 Å². The molecular formula is C37H42N4O7. The molecule has 3 aromatic carbocycles. The van der Waals surface area contributed by atoms with E-state index in [1.54, 1.807) is 40.9 Å². The maximum atomic E-state index is 13.5. The highest BCUT2D eigenvalue weighted by molar-refractivity contribution is 5.95. The third-order valence-electron chi connectivity index (χ3n) is 7.74. The Balaban J connectivity index is 1.34. The number of hydrogen-bond acceptors (Lipinski definition) is 8. The summed E-state index contributed by atoms with van der Waals surface area (Å²) in [5.41, 5.74) is 7.09. The molecule has 3 N–H and O–H groups in total. The van der Waals surface area contributed by atoms with Crippen LogP contribution in [0, 0.1) is 0 Å². The van der Waals surface area contributed by atoms with E-state index in [2.05, 4.69) is 10.5 Å². The van der Waals surface area contributed by atoms with Crippen molar-refractivity contribution in [2.45, 2.75) is 64.0 Å². The molecule has 0 aliphatic carbocycles. The second kappa shape index (κ2) is 19.4. The van der Waals surface area contributed by atoms with Gasteiger partial charge in [0.15, 0.2) is 0 Å². The van der Waals surface area contributed by atoms with Crippen LogP contribution in [0.15, 0.2) is 96.1 Å². The lowest BCUT2D eigenvalue weighted by Crippen LogP contribution is -2.37. The van der Waals surface area contributed by atoms with E-state index in [1.165, 1.54) is 0 Å². The number of cyclic esters (lactones) is 1. The van der Waals surface area contributed by atoms with Crippen LogP contribution in [0.1, 0.15) is 84.5 Å². The number of ether oxygens (including phenoxy) is 2. The molecule has 1 atom stereocenters. The quantitative estimate of drug-likeness (QED) is 0.0540. The summed E-state index contributed by atoms with van der Waals surface area (Å²) in [5, 5.41) is 12.6. The molecule has 1 aliphatic rings. The largest absolute Gasteiger partial charge is 0.494 e. The summed E-state index contributed by atoms with van der Waals surface area (Å²) in [5.74, 6) is -0.567. The molecule has 0 radical (unpaired) electrons. The summed E-state index contributed by atoms with van der Waals surface area (Å²) < 4.78 is 11.3. The van der Waals surface area contributed by atoms with E-state index in [0.717, 1.165) is 29.5 Å². The highest BCUT2D eigenvalue weighted by Crippen LogP contribution is 2.26. The third-order valence-corrected chi connectivity index (χ3v) is 7.74. The van der Waals surface area contributed by atoms with Crippen LogP contribution in [0.4, 0.5) is 0 Å². The number of amides is 3. The average Bonchev–Trinajstić information content (AvgIpc) is 3.11. The van der Waals surface area contributed by atoms with E-state index < -0.39 is 11.9 Å². The van der Waals surface area contributed by atoms with Crippen molar-refractivity contribution in [3.05, 3.63) is 113 Å². The third kappa shape index (κ3) is 11.8. The fourth-order valence-electron chi connectivity index (χ4n) is 5.12. The zero-order valence-electron chi connectivity index (χ0n) is 26.9. The van der Waals surface area contributed by atoms with Gasteiger partial charge in [0.2, 0.25) is 11.8 Å². The number of unbranched alkanes of at least 4 members (excludes halogenated alkanes) is 2. The van der Waals surface area contributed by atoms with Crippen LogP contribution in [0.2, 0.25) is 0 Å². The Labute approximate surface area is 280 Å². The maximum absolute atomic E-state index is 13.5. The zero-order chi connectivity index (χ0) is 34.0. The van der Waals surface area contributed by atoms with Gasteiger partial charge in [0.05, 0.1) is 18.9 Å². The van der Waals surface area contributed by atoms with Crippen LogP contribution in [-0.4, -0.2) is 53.2 Å². The number of rotatable bonds is 13. The predicted octanol–water partition coefficient (Wildman–Crippen LogP) is 5.64. The molecule has 0 spiro atoms. The van der Waals surface area contributed by atoms with Crippen molar-refractivity contribution in [3.63, 3.8) is 0 Å². The number of allylic oxidation sites excluding steroid dienone is 2. The lowest BCUT2D eigenvalue weighted by atomic mass is 10.0. The molecule has 0 saturated carbocycles. The van der Waals surface area contributed by atoms with Crippen molar-refractivity contribution in [2.75, 3.05) is 13.2 Å². The van der Waals surface area contributed by atoms with Crippen molar-refractivity contribution >= 4 is 29.9 Å². The van der Waals surface area contributed by atoms with Crippen molar-refractivity contribution in [1.29, 1.82) is 0 Å². The second-order valence-corrected chi connectivity index (χ2v) is 11.3. The molecule has 11 heteroatoms. The molecule has 252 valence electrons.